The number of fused-ring (bicyclic) bond motifs is 1. The molecule has 0 spiro atoms. The molecule has 1 aliphatic rings. The molecule has 33 heavy (non-hydrogen) atoms. The number of hydrogen-bond acceptors (Lipinski definition) is 8. The van der Waals surface area contributed by atoms with Crippen LogP contribution in [0.3, 0.4) is 0 Å². The molecule has 1 unspecified atom stereocenters. The third-order valence-electron chi connectivity index (χ3n) is 5.68. The van der Waals surface area contributed by atoms with Crippen molar-refractivity contribution in [3.8, 4) is 5.82 Å². The van der Waals surface area contributed by atoms with Gasteiger partial charge in [-0.2, -0.15) is 9.61 Å². The minimum absolute atomic E-state index is 0.00500. The van der Waals surface area contributed by atoms with Crippen molar-refractivity contribution < 1.29 is 9.53 Å². The summed E-state index contributed by atoms with van der Waals surface area (Å²) in [6.07, 6.45) is 6.43. The number of methoxy groups -OCH3 is 1. The summed E-state index contributed by atoms with van der Waals surface area (Å²) in [7, 11) is 1.63. The van der Waals surface area contributed by atoms with E-state index in [0.29, 0.717) is 11.6 Å². The summed E-state index contributed by atoms with van der Waals surface area (Å²) in [5, 5.41) is 10.1. The van der Waals surface area contributed by atoms with Crippen LogP contribution < -0.4 is 21.9 Å². The fourth-order valence-electron chi connectivity index (χ4n) is 3.78. The normalized spacial score (nSPS) is 17.5. The van der Waals surface area contributed by atoms with E-state index in [0.717, 1.165) is 12.8 Å². The summed E-state index contributed by atoms with van der Waals surface area (Å²) >= 11 is 0. The summed E-state index contributed by atoms with van der Waals surface area (Å²) in [5.41, 5.74) is 6.68. The van der Waals surface area contributed by atoms with Crippen LogP contribution in [0.1, 0.15) is 23.2 Å². The van der Waals surface area contributed by atoms with E-state index in [9.17, 15) is 9.59 Å². The van der Waals surface area contributed by atoms with Crippen molar-refractivity contribution in [3.05, 3.63) is 70.9 Å². The Hall–Kier alpha value is -4.25. The highest BCUT2D eigenvalue weighted by atomic mass is 16.5. The first kappa shape index (κ1) is 20.6. The Labute approximate surface area is 188 Å². The first-order valence-electron chi connectivity index (χ1n) is 10.4. The summed E-state index contributed by atoms with van der Waals surface area (Å²) in [6, 6.07) is 10.2. The number of nitrogens with one attached hydrogen (secondary N) is 2. The second-order valence-electron chi connectivity index (χ2n) is 7.70. The molecule has 0 aromatic carbocycles. The highest BCUT2D eigenvalue weighted by Gasteiger charge is 2.33. The zero-order chi connectivity index (χ0) is 22.9. The summed E-state index contributed by atoms with van der Waals surface area (Å²) < 4.78 is 8.15. The lowest BCUT2D eigenvalue weighted by Crippen LogP contribution is -2.51. The summed E-state index contributed by atoms with van der Waals surface area (Å²) in [5.74, 6) is 0.761. The Balaban J connectivity index is 1.46. The number of nitrogens with two attached hydrogens (primary N) is 1. The molecule has 0 radical (unpaired) electrons. The van der Waals surface area contributed by atoms with Crippen molar-refractivity contribution in [2.75, 3.05) is 18.2 Å². The number of rotatable bonds is 6. The Kier molecular flexibility index (Phi) is 5.23. The zero-order valence-electron chi connectivity index (χ0n) is 17.8. The van der Waals surface area contributed by atoms with E-state index in [1.165, 1.54) is 15.3 Å². The molecule has 0 saturated heterocycles. The van der Waals surface area contributed by atoms with E-state index >= 15 is 0 Å². The molecule has 0 bridgehead atoms. The maximum absolute atomic E-state index is 13.0. The number of pyridine rings is 2. The van der Waals surface area contributed by atoms with Crippen molar-refractivity contribution >= 4 is 28.9 Å². The summed E-state index contributed by atoms with van der Waals surface area (Å²) in [4.78, 5) is 34.5. The third kappa shape index (κ3) is 3.78. The minimum Gasteiger partial charge on any atom is -0.383 e. The molecule has 1 aliphatic carbocycles. The highest BCUT2D eigenvalue weighted by Crippen LogP contribution is 2.24. The van der Waals surface area contributed by atoms with E-state index in [2.05, 4.69) is 25.7 Å². The Morgan fingerprint density at radius 1 is 1.24 bits per heavy atom. The van der Waals surface area contributed by atoms with E-state index in [-0.39, 0.29) is 46.3 Å². The molecule has 168 valence electrons. The first-order chi connectivity index (χ1) is 16.0. The number of amides is 1. The van der Waals surface area contributed by atoms with Crippen LogP contribution in [-0.4, -0.2) is 49.3 Å². The Bertz CT molecular complexity index is 1380. The molecular weight excluding hydrogens is 424 g/mol. The zero-order valence-corrected chi connectivity index (χ0v) is 17.8. The predicted octanol–water partition coefficient (Wildman–Crippen LogP) is 1.51. The summed E-state index contributed by atoms with van der Waals surface area (Å²) in [6.45, 7) is 0. The molecule has 1 fully saturated rings. The number of carbonyl (C=O) groups excluding carboxylic acids is 1. The van der Waals surface area contributed by atoms with E-state index < -0.39 is 0 Å². The van der Waals surface area contributed by atoms with Gasteiger partial charge in [0.15, 0.2) is 5.65 Å². The SMILES string of the molecule is CO[C@@H]1CCC1NC(=O)c1cnn2c(N)cc(Nc3cccn(-c4ccccn4)c3=O)nc12. The van der Waals surface area contributed by atoms with E-state index in [4.69, 9.17) is 10.5 Å². The first-order valence-corrected chi connectivity index (χ1v) is 10.4. The van der Waals surface area contributed by atoms with Crippen molar-refractivity contribution in [2.24, 2.45) is 0 Å². The molecular formula is C22H22N8O3. The van der Waals surface area contributed by atoms with Gasteiger partial charge in [-0.15, -0.1) is 0 Å². The minimum atomic E-state index is -0.307. The molecule has 4 heterocycles. The molecule has 4 N–H and O–H groups in total. The van der Waals surface area contributed by atoms with Gasteiger partial charge in [-0.1, -0.05) is 6.07 Å². The second-order valence-corrected chi connectivity index (χ2v) is 7.70. The van der Waals surface area contributed by atoms with Gasteiger partial charge in [0.05, 0.1) is 18.3 Å². The van der Waals surface area contributed by atoms with Gasteiger partial charge in [0.25, 0.3) is 11.5 Å². The van der Waals surface area contributed by atoms with Gasteiger partial charge >= 0.3 is 0 Å². The fraction of sp³-hybridized carbons (Fsp3) is 0.227. The number of ether oxygens (including phenoxy) is 1. The Morgan fingerprint density at radius 3 is 2.85 bits per heavy atom. The maximum atomic E-state index is 13.0. The van der Waals surface area contributed by atoms with Gasteiger partial charge < -0.3 is 21.1 Å². The average Bonchev–Trinajstić information content (AvgIpc) is 3.24. The van der Waals surface area contributed by atoms with Crippen molar-refractivity contribution in [3.63, 3.8) is 0 Å². The number of nitrogen functional groups attached to an aromatic ring is 1. The number of nitrogens with zero attached hydrogens (tertiary/aromatic N) is 5. The monoisotopic (exact) mass is 446 g/mol. The van der Waals surface area contributed by atoms with Gasteiger partial charge in [-0.05, 0) is 37.1 Å². The maximum Gasteiger partial charge on any atom is 0.279 e. The highest BCUT2D eigenvalue weighted by molar-refractivity contribution is 6.00. The van der Waals surface area contributed by atoms with Crippen molar-refractivity contribution in [1.29, 1.82) is 0 Å². The molecule has 11 heteroatoms. The Morgan fingerprint density at radius 2 is 2.12 bits per heavy atom. The van der Waals surface area contributed by atoms with Crippen molar-refractivity contribution in [1.82, 2.24) is 29.5 Å². The van der Waals surface area contributed by atoms with Crippen LogP contribution in [0.4, 0.5) is 17.3 Å². The van der Waals surface area contributed by atoms with Crippen LogP contribution >= 0.6 is 0 Å². The molecule has 11 nitrogen and oxygen atoms in total. The van der Waals surface area contributed by atoms with Crippen molar-refractivity contribution in [2.45, 2.75) is 25.0 Å². The molecule has 4 aromatic heterocycles. The standard InChI is InChI=1S/C22H22N8O3/c1-33-16-8-7-14(16)27-21(31)13-12-25-30-17(23)11-18(28-20(13)30)26-15-5-4-10-29(22(15)32)19-6-2-3-9-24-19/h2-6,9-12,14,16H,7-8,23H2,1H3,(H,26,28)(H,27,31)/t14?,16-/m1/s1. The molecule has 1 saturated carbocycles. The lowest BCUT2D eigenvalue weighted by molar-refractivity contribution is 0.00732. The van der Waals surface area contributed by atoms with E-state index in [1.807, 2.05) is 0 Å². The van der Waals surface area contributed by atoms with Crippen LogP contribution in [0.25, 0.3) is 11.5 Å². The third-order valence-corrected chi connectivity index (χ3v) is 5.68. The predicted molar refractivity (Wildman–Crippen MR) is 122 cm³/mol. The molecule has 2 atom stereocenters. The van der Waals surface area contributed by atoms with E-state index in [1.54, 1.807) is 55.9 Å². The lowest BCUT2D eigenvalue weighted by atomic mass is 9.89. The number of carbonyl (C=O) groups is 1. The average molecular weight is 446 g/mol. The molecule has 1 amide bonds. The largest absolute Gasteiger partial charge is 0.383 e. The number of hydrogen-bond donors (Lipinski definition) is 3. The molecule has 0 aliphatic heterocycles. The van der Waals surface area contributed by atoms with Crippen LogP contribution in [-0.2, 0) is 4.74 Å². The van der Waals surface area contributed by atoms with Crippen LogP contribution in [0.15, 0.2) is 59.8 Å². The smallest absolute Gasteiger partial charge is 0.279 e. The lowest BCUT2D eigenvalue weighted by Gasteiger charge is -2.35. The van der Waals surface area contributed by atoms with Crippen LogP contribution in [0, 0.1) is 0 Å². The van der Waals surface area contributed by atoms with Gasteiger partial charge in [-0.25, -0.2) is 9.97 Å². The van der Waals surface area contributed by atoms with Gasteiger partial charge in [-0.3, -0.25) is 14.2 Å². The van der Waals surface area contributed by atoms with Gasteiger partial charge in [0.2, 0.25) is 0 Å². The van der Waals surface area contributed by atoms with Crippen LogP contribution in [0.2, 0.25) is 0 Å². The van der Waals surface area contributed by atoms with Crippen LogP contribution in [0.5, 0.6) is 0 Å². The quantitative estimate of drug-likeness (QED) is 0.405. The number of aromatic nitrogens is 5. The van der Waals surface area contributed by atoms with Gasteiger partial charge in [0, 0.05) is 25.6 Å². The fourth-order valence-corrected chi connectivity index (χ4v) is 3.78. The second kappa shape index (κ2) is 8.36. The van der Waals surface area contributed by atoms with Gasteiger partial charge in [0.1, 0.15) is 28.7 Å². The number of anilines is 3. The molecule has 4 aromatic rings. The molecule has 5 rings (SSSR count). The topological polar surface area (TPSA) is 141 Å².